The van der Waals surface area contributed by atoms with Gasteiger partial charge in [-0.05, 0) is 24.8 Å². The van der Waals surface area contributed by atoms with Crippen molar-refractivity contribution in [3.63, 3.8) is 0 Å². The second-order valence-electron chi connectivity index (χ2n) is 5.31. The van der Waals surface area contributed by atoms with Gasteiger partial charge in [0.05, 0.1) is 25.9 Å². The first-order valence-corrected chi connectivity index (χ1v) is 6.78. The molecule has 1 rings (SSSR count). The predicted octanol–water partition coefficient (Wildman–Crippen LogP) is 0.529. The molecule has 1 unspecified atom stereocenters. The minimum absolute atomic E-state index is 0.0101. The summed E-state index contributed by atoms with van der Waals surface area (Å²) in [6.07, 6.45) is 1.49. The molecule has 0 aliphatic carbocycles. The molecule has 5 heteroatoms. The third kappa shape index (κ3) is 6.33. The molecule has 0 spiro atoms. The highest BCUT2D eigenvalue weighted by Gasteiger charge is 2.17. The van der Waals surface area contributed by atoms with E-state index in [2.05, 4.69) is 19.2 Å². The molecule has 3 N–H and O–H groups in total. The molecule has 0 aromatic heterocycles. The van der Waals surface area contributed by atoms with Gasteiger partial charge in [-0.2, -0.15) is 0 Å². The van der Waals surface area contributed by atoms with Crippen molar-refractivity contribution in [2.75, 3.05) is 32.9 Å². The Morgan fingerprint density at radius 2 is 2.22 bits per heavy atom. The van der Waals surface area contributed by atoms with Gasteiger partial charge in [-0.15, -0.1) is 0 Å². The fraction of sp³-hybridized carbons (Fsp3) is 0.923. The topological polar surface area (TPSA) is 73.6 Å². The average Bonchev–Trinajstić information content (AvgIpc) is 2.36. The molecule has 1 fully saturated rings. The van der Waals surface area contributed by atoms with Gasteiger partial charge in [0.1, 0.15) is 0 Å². The van der Waals surface area contributed by atoms with Gasteiger partial charge in [0.15, 0.2) is 0 Å². The summed E-state index contributed by atoms with van der Waals surface area (Å²) in [5.41, 5.74) is 5.68. The van der Waals surface area contributed by atoms with Crippen molar-refractivity contribution in [3.05, 3.63) is 0 Å². The van der Waals surface area contributed by atoms with Crippen molar-refractivity contribution in [1.82, 2.24) is 5.32 Å². The van der Waals surface area contributed by atoms with Crippen LogP contribution >= 0.6 is 0 Å². The van der Waals surface area contributed by atoms with Crippen molar-refractivity contribution < 1.29 is 14.3 Å². The maximum Gasteiger partial charge on any atom is 0.220 e. The van der Waals surface area contributed by atoms with E-state index in [4.69, 9.17) is 15.2 Å². The summed E-state index contributed by atoms with van der Waals surface area (Å²) in [4.78, 5) is 11.8. The van der Waals surface area contributed by atoms with E-state index >= 15 is 0 Å². The van der Waals surface area contributed by atoms with Gasteiger partial charge in [0, 0.05) is 13.0 Å². The van der Waals surface area contributed by atoms with Crippen LogP contribution in [0.2, 0.25) is 0 Å². The number of nitrogens with two attached hydrogens (primary N) is 1. The normalized spacial score (nSPS) is 21.9. The van der Waals surface area contributed by atoms with Gasteiger partial charge in [-0.25, -0.2) is 0 Å². The standard InChI is InChI=1S/C13H26N2O3/c1-10(2)5-11(7-14)6-13(16)15-8-12-9-17-3-4-18-12/h10-12H,3-9,14H2,1-2H3,(H,15,16)/t11-,12?/m0/s1. The quantitative estimate of drug-likeness (QED) is 0.698. The van der Waals surface area contributed by atoms with Crippen molar-refractivity contribution in [1.29, 1.82) is 0 Å². The Morgan fingerprint density at radius 1 is 1.44 bits per heavy atom. The number of nitrogens with one attached hydrogen (secondary N) is 1. The minimum atomic E-state index is -0.0101. The Bertz CT molecular complexity index is 240. The number of carbonyl (C=O) groups excluding carboxylic acids is 1. The highest BCUT2D eigenvalue weighted by atomic mass is 16.6. The highest BCUT2D eigenvalue weighted by molar-refractivity contribution is 5.76. The van der Waals surface area contributed by atoms with E-state index in [-0.39, 0.29) is 17.9 Å². The molecule has 1 aliphatic heterocycles. The van der Waals surface area contributed by atoms with Crippen LogP contribution in [0.25, 0.3) is 0 Å². The lowest BCUT2D eigenvalue weighted by Gasteiger charge is -2.23. The van der Waals surface area contributed by atoms with E-state index in [9.17, 15) is 4.79 Å². The van der Waals surface area contributed by atoms with Crippen molar-refractivity contribution >= 4 is 5.91 Å². The first kappa shape index (κ1) is 15.4. The molecule has 18 heavy (non-hydrogen) atoms. The van der Waals surface area contributed by atoms with E-state index in [1.807, 2.05) is 0 Å². The van der Waals surface area contributed by atoms with Crippen LogP contribution in [-0.2, 0) is 14.3 Å². The lowest BCUT2D eigenvalue weighted by molar-refractivity contribution is -0.124. The fourth-order valence-corrected chi connectivity index (χ4v) is 2.15. The van der Waals surface area contributed by atoms with Gasteiger partial charge in [0.25, 0.3) is 0 Å². The molecular weight excluding hydrogens is 232 g/mol. The van der Waals surface area contributed by atoms with E-state index in [0.29, 0.717) is 45.2 Å². The summed E-state index contributed by atoms with van der Waals surface area (Å²) < 4.78 is 10.7. The van der Waals surface area contributed by atoms with E-state index in [1.54, 1.807) is 0 Å². The van der Waals surface area contributed by atoms with Crippen molar-refractivity contribution in [2.45, 2.75) is 32.8 Å². The van der Waals surface area contributed by atoms with E-state index in [0.717, 1.165) is 6.42 Å². The molecule has 2 atom stereocenters. The molecule has 1 heterocycles. The molecule has 5 nitrogen and oxygen atoms in total. The van der Waals surface area contributed by atoms with E-state index < -0.39 is 0 Å². The lowest BCUT2D eigenvalue weighted by Crippen LogP contribution is -2.40. The molecule has 106 valence electrons. The third-order valence-electron chi connectivity index (χ3n) is 3.02. The zero-order valence-electron chi connectivity index (χ0n) is 11.5. The maximum absolute atomic E-state index is 11.8. The fourth-order valence-electron chi connectivity index (χ4n) is 2.15. The monoisotopic (exact) mass is 258 g/mol. The number of amides is 1. The summed E-state index contributed by atoms with van der Waals surface area (Å²) in [6.45, 7) is 7.20. The summed E-state index contributed by atoms with van der Waals surface area (Å²) in [6, 6.07) is 0. The predicted molar refractivity (Wildman–Crippen MR) is 70.2 cm³/mol. The van der Waals surface area contributed by atoms with Crippen LogP contribution in [0.3, 0.4) is 0 Å². The van der Waals surface area contributed by atoms with E-state index in [1.165, 1.54) is 0 Å². The molecule has 1 amide bonds. The van der Waals surface area contributed by atoms with Crippen molar-refractivity contribution in [2.24, 2.45) is 17.6 Å². The van der Waals surface area contributed by atoms with Crippen LogP contribution in [0, 0.1) is 11.8 Å². The SMILES string of the molecule is CC(C)C[C@H](CN)CC(=O)NCC1COCCO1. The Hall–Kier alpha value is -0.650. The Kier molecular flexibility index (Phi) is 7.23. The number of hydrogen-bond donors (Lipinski definition) is 2. The van der Waals surface area contributed by atoms with Gasteiger partial charge >= 0.3 is 0 Å². The molecule has 1 saturated heterocycles. The number of hydrogen-bond acceptors (Lipinski definition) is 4. The van der Waals surface area contributed by atoms with Gasteiger partial charge in [-0.1, -0.05) is 13.8 Å². The highest BCUT2D eigenvalue weighted by Crippen LogP contribution is 2.14. The van der Waals surface area contributed by atoms with Crippen LogP contribution in [0.1, 0.15) is 26.7 Å². The molecular formula is C13H26N2O3. The smallest absolute Gasteiger partial charge is 0.220 e. The van der Waals surface area contributed by atoms with Crippen LogP contribution in [-0.4, -0.2) is 44.9 Å². The molecule has 1 aliphatic rings. The Balaban J connectivity index is 2.18. The Morgan fingerprint density at radius 3 is 2.78 bits per heavy atom. The van der Waals surface area contributed by atoms with Crippen LogP contribution in [0.5, 0.6) is 0 Å². The molecule has 0 saturated carbocycles. The molecule has 0 aromatic carbocycles. The van der Waals surface area contributed by atoms with Crippen LogP contribution in [0.15, 0.2) is 0 Å². The third-order valence-corrected chi connectivity index (χ3v) is 3.02. The maximum atomic E-state index is 11.8. The first-order valence-electron chi connectivity index (χ1n) is 6.78. The Labute approximate surface area is 109 Å². The second-order valence-corrected chi connectivity index (χ2v) is 5.31. The second kappa shape index (κ2) is 8.45. The average molecular weight is 258 g/mol. The summed E-state index contributed by atoms with van der Waals surface area (Å²) >= 11 is 0. The first-order chi connectivity index (χ1) is 8.61. The number of ether oxygens (including phenoxy) is 2. The number of rotatable bonds is 7. The van der Waals surface area contributed by atoms with Crippen LogP contribution in [0.4, 0.5) is 0 Å². The summed E-state index contributed by atoms with van der Waals surface area (Å²) in [5, 5.41) is 2.89. The largest absolute Gasteiger partial charge is 0.376 e. The van der Waals surface area contributed by atoms with Crippen LogP contribution < -0.4 is 11.1 Å². The lowest BCUT2D eigenvalue weighted by atomic mass is 9.94. The van der Waals surface area contributed by atoms with Gasteiger partial charge in [-0.3, -0.25) is 4.79 Å². The van der Waals surface area contributed by atoms with Crippen molar-refractivity contribution in [3.8, 4) is 0 Å². The summed E-state index contributed by atoms with van der Waals surface area (Å²) in [5.74, 6) is 0.898. The van der Waals surface area contributed by atoms with Gasteiger partial charge in [0.2, 0.25) is 5.91 Å². The number of carbonyl (C=O) groups is 1. The molecule has 0 bridgehead atoms. The molecule has 0 radical (unpaired) electrons. The molecule has 0 aromatic rings. The minimum Gasteiger partial charge on any atom is -0.376 e. The van der Waals surface area contributed by atoms with Gasteiger partial charge < -0.3 is 20.5 Å². The zero-order chi connectivity index (χ0) is 13.4. The summed E-state index contributed by atoms with van der Waals surface area (Å²) in [7, 11) is 0. The zero-order valence-corrected chi connectivity index (χ0v) is 11.5.